The number of aryl methyl sites for hydroxylation is 2. The van der Waals surface area contributed by atoms with E-state index in [0.29, 0.717) is 35.7 Å². The minimum Gasteiger partial charge on any atom is -0.328 e. The Hall–Kier alpha value is -0.920. The number of aromatic nitrogens is 2. The lowest BCUT2D eigenvalue weighted by molar-refractivity contribution is 0.247. The predicted octanol–water partition coefficient (Wildman–Crippen LogP) is 0.527. The third-order valence-electron chi connectivity index (χ3n) is 3.48. The average Bonchev–Trinajstić information content (AvgIpc) is 2.58. The molecule has 2 unspecified atom stereocenters. The zero-order chi connectivity index (χ0) is 13.5. The van der Waals surface area contributed by atoms with Crippen LogP contribution in [0, 0.1) is 13.8 Å². The van der Waals surface area contributed by atoms with Gasteiger partial charge in [0.25, 0.3) is 0 Å². The molecule has 2 heterocycles. The minimum atomic E-state index is -3.47. The molecular formula is C11H20N4O2S. The van der Waals surface area contributed by atoms with Crippen molar-refractivity contribution in [2.24, 2.45) is 5.73 Å². The second kappa shape index (κ2) is 4.64. The first-order chi connectivity index (χ1) is 8.34. The Bertz CT molecular complexity index is 518. The number of nitrogens with two attached hydrogens (primary N) is 1. The van der Waals surface area contributed by atoms with Crippen molar-refractivity contribution >= 4 is 10.0 Å². The van der Waals surface area contributed by atoms with Gasteiger partial charge in [0.05, 0.1) is 11.4 Å². The Kier molecular flexibility index (Phi) is 3.48. The van der Waals surface area contributed by atoms with Crippen molar-refractivity contribution in [3.05, 3.63) is 11.4 Å². The number of nitrogens with zero attached hydrogens (tertiary/aromatic N) is 2. The highest BCUT2D eigenvalue weighted by molar-refractivity contribution is 7.89. The van der Waals surface area contributed by atoms with Gasteiger partial charge in [-0.1, -0.05) is 0 Å². The molecule has 3 N–H and O–H groups in total. The van der Waals surface area contributed by atoms with Crippen molar-refractivity contribution in [2.45, 2.75) is 50.6 Å². The van der Waals surface area contributed by atoms with Crippen molar-refractivity contribution in [1.29, 1.82) is 0 Å². The summed E-state index contributed by atoms with van der Waals surface area (Å²) in [4.78, 5) is 0.310. The van der Waals surface area contributed by atoms with Crippen LogP contribution in [-0.2, 0) is 10.0 Å². The van der Waals surface area contributed by atoms with Gasteiger partial charge < -0.3 is 5.73 Å². The van der Waals surface area contributed by atoms with E-state index in [1.54, 1.807) is 18.2 Å². The SMILES string of the molecule is Cc1n[nH]c(C)c1S(=O)(=O)N1CCC(N)CC1C. The van der Waals surface area contributed by atoms with Crippen LogP contribution in [0.4, 0.5) is 0 Å². The van der Waals surface area contributed by atoms with Crippen molar-refractivity contribution in [3.8, 4) is 0 Å². The number of aromatic amines is 1. The fourth-order valence-electron chi connectivity index (χ4n) is 2.58. The Balaban J connectivity index is 2.38. The molecule has 2 atom stereocenters. The summed E-state index contributed by atoms with van der Waals surface area (Å²) in [6.45, 7) is 5.82. The molecule has 102 valence electrons. The van der Waals surface area contributed by atoms with E-state index in [1.807, 2.05) is 6.92 Å². The maximum atomic E-state index is 12.6. The summed E-state index contributed by atoms with van der Waals surface area (Å²) in [5.74, 6) is 0. The van der Waals surface area contributed by atoms with Crippen LogP contribution in [-0.4, -0.2) is 41.5 Å². The molecule has 1 aliphatic heterocycles. The van der Waals surface area contributed by atoms with Gasteiger partial charge in [-0.05, 0) is 33.6 Å². The number of hydrogen-bond acceptors (Lipinski definition) is 4. The molecule has 0 spiro atoms. The lowest BCUT2D eigenvalue weighted by atomic mass is 10.0. The van der Waals surface area contributed by atoms with Crippen LogP contribution in [0.1, 0.15) is 31.2 Å². The minimum absolute atomic E-state index is 0.0625. The Morgan fingerprint density at radius 1 is 1.44 bits per heavy atom. The molecule has 2 rings (SSSR count). The highest BCUT2D eigenvalue weighted by atomic mass is 32.2. The van der Waals surface area contributed by atoms with E-state index < -0.39 is 10.0 Å². The van der Waals surface area contributed by atoms with Gasteiger partial charge in [-0.15, -0.1) is 0 Å². The van der Waals surface area contributed by atoms with Gasteiger partial charge in [-0.3, -0.25) is 5.10 Å². The highest BCUT2D eigenvalue weighted by Gasteiger charge is 2.36. The molecular weight excluding hydrogens is 252 g/mol. The molecule has 0 aliphatic carbocycles. The maximum Gasteiger partial charge on any atom is 0.246 e. The largest absolute Gasteiger partial charge is 0.328 e. The van der Waals surface area contributed by atoms with Crippen LogP contribution in [0.15, 0.2) is 4.90 Å². The molecule has 0 radical (unpaired) electrons. The number of sulfonamides is 1. The third kappa shape index (κ3) is 2.17. The Morgan fingerprint density at radius 2 is 2.11 bits per heavy atom. The second-order valence-corrected chi connectivity index (χ2v) is 6.84. The molecule has 7 heteroatoms. The first kappa shape index (κ1) is 13.5. The van der Waals surface area contributed by atoms with E-state index in [-0.39, 0.29) is 12.1 Å². The number of hydrogen-bond donors (Lipinski definition) is 2. The molecule has 0 saturated carbocycles. The van der Waals surface area contributed by atoms with Gasteiger partial charge in [-0.2, -0.15) is 9.40 Å². The summed E-state index contributed by atoms with van der Waals surface area (Å²) in [5.41, 5.74) is 6.98. The van der Waals surface area contributed by atoms with Gasteiger partial charge >= 0.3 is 0 Å². The summed E-state index contributed by atoms with van der Waals surface area (Å²) < 4.78 is 26.8. The standard InChI is InChI=1S/C11H20N4O2S/c1-7-6-10(12)4-5-15(7)18(16,17)11-8(2)13-14-9(11)3/h7,10H,4-6,12H2,1-3H3,(H,13,14). The molecule has 1 aromatic heterocycles. The van der Waals surface area contributed by atoms with Crippen LogP contribution in [0.5, 0.6) is 0 Å². The first-order valence-corrected chi connectivity index (χ1v) is 7.57. The normalized spacial score (nSPS) is 26.4. The summed E-state index contributed by atoms with van der Waals surface area (Å²) >= 11 is 0. The van der Waals surface area contributed by atoms with Crippen LogP contribution >= 0.6 is 0 Å². The average molecular weight is 272 g/mol. The zero-order valence-electron chi connectivity index (χ0n) is 11.0. The summed E-state index contributed by atoms with van der Waals surface area (Å²) in [6, 6.07) is 0.0328. The second-order valence-electron chi connectivity index (χ2n) is 5.01. The molecule has 1 aliphatic rings. The van der Waals surface area contributed by atoms with E-state index in [1.165, 1.54) is 0 Å². The lowest BCUT2D eigenvalue weighted by Gasteiger charge is -2.35. The Morgan fingerprint density at radius 3 is 2.61 bits per heavy atom. The fraction of sp³-hybridized carbons (Fsp3) is 0.727. The molecule has 1 fully saturated rings. The lowest BCUT2D eigenvalue weighted by Crippen LogP contribution is -2.48. The van der Waals surface area contributed by atoms with Gasteiger partial charge in [0.2, 0.25) is 10.0 Å². The van der Waals surface area contributed by atoms with Gasteiger partial charge in [0.1, 0.15) is 4.90 Å². The van der Waals surface area contributed by atoms with Crippen molar-refractivity contribution in [2.75, 3.05) is 6.54 Å². The Labute approximate surface area is 108 Å². The monoisotopic (exact) mass is 272 g/mol. The number of nitrogens with one attached hydrogen (secondary N) is 1. The fourth-order valence-corrected chi connectivity index (χ4v) is 4.57. The topological polar surface area (TPSA) is 92.1 Å². The number of rotatable bonds is 2. The van der Waals surface area contributed by atoms with Gasteiger partial charge in [0, 0.05) is 18.6 Å². The van der Waals surface area contributed by atoms with E-state index in [2.05, 4.69) is 10.2 Å². The van der Waals surface area contributed by atoms with E-state index >= 15 is 0 Å². The summed E-state index contributed by atoms with van der Waals surface area (Å²) in [5, 5.41) is 6.69. The molecule has 0 bridgehead atoms. The summed E-state index contributed by atoms with van der Waals surface area (Å²) in [7, 11) is -3.47. The quantitative estimate of drug-likeness (QED) is 0.821. The van der Waals surface area contributed by atoms with Crippen LogP contribution in [0.25, 0.3) is 0 Å². The molecule has 6 nitrogen and oxygen atoms in total. The third-order valence-corrected chi connectivity index (χ3v) is 5.76. The molecule has 1 aromatic rings. The maximum absolute atomic E-state index is 12.6. The number of H-pyrrole nitrogens is 1. The summed E-state index contributed by atoms with van der Waals surface area (Å²) in [6.07, 6.45) is 1.41. The molecule has 18 heavy (non-hydrogen) atoms. The predicted molar refractivity (Wildman–Crippen MR) is 68.6 cm³/mol. The van der Waals surface area contributed by atoms with Crippen molar-refractivity contribution < 1.29 is 8.42 Å². The van der Waals surface area contributed by atoms with E-state index in [4.69, 9.17) is 5.73 Å². The highest BCUT2D eigenvalue weighted by Crippen LogP contribution is 2.27. The smallest absolute Gasteiger partial charge is 0.246 e. The molecule has 1 saturated heterocycles. The first-order valence-electron chi connectivity index (χ1n) is 6.13. The molecule has 0 aromatic carbocycles. The van der Waals surface area contributed by atoms with Crippen LogP contribution in [0.2, 0.25) is 0 Å². The number of piperidine rings is 1. The molecule has 0 amide bonds. The van der Waals surface area contributed by atoms with Crippen molar-refractivity contribution in [3.63, 3.8) is 0 Å². The van der Waals surface area contributed by atoms with Crippen LogP contribution in [0.3, 0.4) is 0 Å². The van der Waals surface area contributed by atoms with E-state index in [9.17, 15) is 8.42 Å². The van der Waals surface area contributed by atoms with Crippen molar-refractivity contribution in [1.82, 2.24) is 14.5 Å². The zero-order valence-corrected chi connectivity index (χ0v) is 11.8. The van der Waals surface area contributed by atoms with Gasteiger partial charge in [-0.25, -0.2) is 8.42 Å². The van der Waals surface area contributed by atoms with E-state index in [0.717, 1.165) is 0 Å². The van der Waals surface area contributed by atoms with Crippen LogP contribution < -0.4 is 5.73 Å². The van der Waals surface area contributed by atoms with Gasteiger partial charge in [0.15, 0.2) is 0 Å².